The first-order chi connectivity index (χ1) is 6.80. The van der Waals surface area contributed by atoms with Crippen molar-refractivity contribution in [1.29, 1.82) is 0 Å². The molecule has 0 amide bonds. The normalized spacial score (nSPS) is 12.1. The van der Waals surface area contributed by atoms with Gasteiger partial charge in [-0.25, -0.2) is 0 Å². The highest BCUT2D eigenvalue weighted by Gasteiger charge is 2.33. The van der Waals surface area contributed by atoms with Crippen LogP contribution in [0.5, 0.6) is 0 Å². The third kappa shape index (κ3) is 3.11. The minimum absolute atomic E-state index is 0.289. The molecular weight excluding hydrogens is 207 g/mol. The molecule has 1 N–H and O–H groups in total. The van der Waals surface area contributed by atoms with E-state index in [2.05, 4.69) is 4.98 Å². The molecule has 1 heterocycles. The molecule has 0 fully saturated rings. The Morgan fingerprint density at radius 2 is 2.00 bits per heavy atom. The SMILES string of the molecule is CC(C)Cc1cc(=O)c(C(F)(F)F)c[nH]1. The van der Waals surface area contributed by atoms with Gasteiger partial charge in [0.2, 0.25) is 0 Å². The second-order valence-electron chi connectivity index (χ2n) is 3.83. The number of rotatable bonds is 2. The van der Waals surface area contributed by atoms with Gasteiger partial charge in [-0.2, -0.15) is 13.2 Å². The highest BCUT2D eigenvalue weighted by Crippen LogP contribution is 2.25. The van der Waals surface area contributed by atoms with Gasteiger partial charge in [0.15, 0.2) is 5.43 Å². The van der Waals surface area contributed by atoms with E-state index >= 15 is 0 Å². The van der Waals surface area contributed by atoms with E-state index in [1.807, 2.05) is 13.8 Å². The molecule has 0 aliphatic heterocycles. The van der Waals surface area contributed by atoms with E-state index in [0.29, 0.717) is 12.1 Å². The number of hydrogen-bond acceptors (Lipinski definition) is 1. The molecule has 0 radical (unpaired) electrons. The van der Waals surface area contributed by atoms with Gasteiger partial charge >= 0.3 is 6.18 Å². The number of H-pyrrole nitrogens is 1. The molecule has 0 aromatic carbocycles. The highest BCUT2D eigenvalue weighted by atomic mass is 19.4. The predicted molar refractivity (Wildman–Crippen MR) is 50.6 cm³/mol. The summed E-state index contributed by atoms with van der Waals surface area (Å²) >= 11 is 0. The van der Waals surface area contributed by atoms with Crippen molar-refractivity contribution in [2.75, 3.05) is 0 Å². The molecule has 1 rings (SSSR count). The Morgan fingerprint density at radius 1 is 1.40 bits per heavy atom. The van der Waals surface area contributed by atoms with Crippen LogP contribution in [-0.4, -0.2) is 4.98 Å². The summed E-state index contributed by atoms with van der Waals surface area (Å²) in [5.41, 5.74) is -1.59. The van der Waals surface area contributed by atoms with Crippen LogP contribution in [0.25, 0.3) is 0 Å². The fourth-order valence-electron chi connectivity index (χ4n) is 1.29. The Hall–Kier alpha value is -1.26. The first kappa shape index (κ1) is 11.8. The number of alkyl halides is 3. The largest absolute Gasteiger partial charge is 0.421 e. The maximum absolute atomic E-state index is 12.2. The number of halogens is 3. The minimum Gasteiger partial charge on any atom is -0.364 e. The van der Waals surface area contributed by atoms with Crippen LogP contribution in [0.1, 0.15) is 25.1 Å². The van der Waals surface area contributed by atoms with Crippen LogP contribution in [0.3, 0.4) is 0 Å². The van der Waals surface area contributed by atoms with Crippen molar-refractivity contribution in [2.45, 2.75) is 26.4 Å². The van der Waals surface area contributed by atoms with Crippen molar-refractivity contribution in [3.05, 3.63) is 33.7 Å². The second kappa shape index (κ2) is 4.08. The molecule has 0 aliphatic rings. The molecule has 1 aromatic heterocycles. The smallest absolute Gasteiger partial charge is 0.364 e. The lowest BCUT2D eigenvalue weighted by Crippen LogP contribution is -2.20. The standard InChI is InChI=1S/C10H12F3NO/c1-6(2)3-7-4-9(15)8(5-14-7)10(11,12)13/h4-6H,3H2,1-2H3,(H,14,15). The highest BCUT2D eigenvalue weighted by molar-refractivity contribution is 5.17. The van der Waals surface area contributed by atoms with Crippen LogP contribution in [0.4, 0.5) is 13.2 Å². The third-order valence-electron chi connectivity index (χ3n) is 1.91. The van der Waals surface area contributed by atoms with E-state index < -0.39 is 17.2 Å². The summed E-state index contributed by atoms with van der Waals surface area (Å²) in [4.78, 5) is 13.6. The molecule has 0 aliphatic carbocycles. The van der Waals surface area contributed by atoms with Gasteiger partial charge in [0.05, 0.1) is 0 Å². The zero-order valence-corrected chi connectivity index (χ0v) is 8.48. The van der Waals surface area contributed by atoms with Gasteiger partial charge in [-0.15, -0.1) is 0 Å². The number of nitrogens with one attached hydrogen (secondary N) is 1. The quantitative estimate of drug-likeness (QED) is 0.814. The molecule has 5 heteroatoms. The van der Waals surface area contributed by atoms with Gasteiger partial charge in [-0.05, 0) is 12.3 Å². The van der Waals surface area contributed by atoms with Crippen LogP contribution in [0, 0.1) is 5.92 Å². The van der Waals surface area contributed by atoms with Crippen molar-refractivity contribution in [3.8, 4) is 0 Å². The number of aromatic nitrogens is 1. The third-order valence-corrected chi connectivity index (χ3v) is 1.91. The lowest BCUT2D eigenvalue weighted by Gasteiger charge is -2.08. The van der Waals surface area contributed by atoms with Crippen LogP contribution in [0.15, 0.2) is 17.1 Å². The Balaban J connectivity index is 3.04. The zero-order valence-electron chi connectivity index (χ0n) is 8.48. The average Bonchev–Trinajstić information content (AvgIpc) is 1.99. The van der Waals surface area contributed by atoms with Gasteiger partial charge in [0, 0.05) is 18.0 Å². The monoisotopic (exact) mass is 219 g/mol. The van der Waals surface area contributed by atoms with Crippen molar-refractivity contribution < 1.29 is 13.2 Å². The van der Waals surface area contributed by atoms with Gasteiger partial charge in [0.25, 0.3) is 0 Å². The van der Waals surface area contributed by atoms with Crippen molar-refractivity contribution >= 4 is 0 Å². The van der Waals surface area contributed by atoms with E-state index in [1.54, 1.807) is 0 Å². The first-order valence-electron chi connectivity index (χ1n) is 4.59. The Kier molecular flexibility index (Phi) is 3.21. The lowest BCUT2D eigenvalue weighted by atomic mass is 10.1. The molecular formula is C10H12F3NO. The maximum Gasteiger partial charge on any atom is 0.421 e. The Bertz CT molecular complexity index is 392. The predicted octanol–water partition coefficient (Wildman–Crippen LogP) is 2.59. The second-order valence-corrected chi connectivity index (χ2v) is 3.83. The molecule has 0 saturated carbocycles. The van der Waals surface area contributed by atoms with E-state index in [-0.39, 0.29) is 5.92 Å². The maximum atomic E-state index is 12.2. The van der Waals surface area contributed by atoms with Crippen molar-refractivity contribution in [2.24, 2.45) is 5.92 Å². The first-order valence-corrected chi connectivity index (χ1v) is 4.59. The summed E-state index contributed by atoms with van der Waals surface area (Å²) in [5.74, 6) is 0.289. The van der Waals surface area contributed by atoms with Crippen LogP contribution in [-0.2, 0) is 12.6 Å². The summed E-state index contributed by atoms with van der Waals surface area (Å²) in [6, 6.07) is 1.02. The molecule has 0 saturated heterocycles. The Morgan fingerprint density at radius 3 is 2.40 bits per heavy atom. The van der Waals surface area contributed by atoms with E-state index in [9.17, 15) is 18.0 Å². The molecule has 15 heavy (non-hydrogen) atoms. The molecule has 0 unspecified atom stereocenters. The molecule has 1 aromatic rings. The molecule has 84 valence electrons. The van der Waals surface area contributed by atoms with Crippen LogP contribution < -0.4 is 5.43 Å². The number of hydrogen-bond donors (Lipinski definition) is 1. The minimum atomic E-state index is -4.58. The fourth-order valence-corrected chi connectivity index (χ4v) is 1.29. The summed E-state index contributed by atoms with van der Waals surface area (Å²) < 4.78 is 36.7. The summed E-state index contributed by atoms with van der Waals surface area (Å²) in [6.45, 7) is 3.85. The summed E-state index contributed by atoms with van der Waals surface area (Å²) in [5, 5.41) is 0. The van der Waals surface area contributed by atoms with Gasteiger partial charge in [-0.3, -0.25) is 4.79 Å². The Labute approximate surface area is 85.1 Å². The van der Waals surface area contributed by atoms with E-state index in [0.717, 1.165) is 12.3 Å². The average molecular weight is 219 g/mol. The molecule has 2 nitrogen and oxygen atoms in total. The van der Waals surface area contributed by atoms with Crippen molar-refractivity contribution in [1.82, 2.24) is 4.98 Å². The van der Waals surface area contributed by atoms with E-state index in [1.165, 1.54) is 0 Å². The summed E-state index contributed by atoms with van der Waals surface area (Å²) in [7, 11) is 0. The van der Waals surface area contributed by atoms with Gasteiger partial charge in [0.1, 0.15) is 5.56 Å². The summed E-state index contributed by atoms with van der Waals surface area (Å²) in [6.07, 6.45) is -3.28. The van der Waals surface area contributed by atoms with Gasteiger partial charge < -0.3 is 4.98 Å². The van der Waals surface area contributed by atoms with Crippen LogP contribution >= 0.6 is 0 Å². The number of aromatic amines is 1. The van der Waals surface area contributed by atoms with Gasteiger partial charge in [-0.1, -0.05) is 13.8 Å². The van der Waals surface area contributed by atoms with E-state index in [4.69, 9.17) is 0 Å². The zero-order chi connectivity index (χ0) is 11.6. The lowest BCUT2D eigenvalue weighted by molar-refractivity contribution is -0.138. The topological polar surface area (TPSA) is 32.9 Å². The van der Waals surface area contributed by atoms with Crippen molar-refractivity contribution in [3.63, 3.8) is 0 Å². The molecule has 0 atom stereocenters. The molecule has 0 spiro atoms. The van der Waals surface area contributed by atoms with Crippen LogP contribution in [0.2, 0.25) is 0 Å². The molecule has 0 bridgehead atoms. The number of pyridine rings is 1. The fraction of sp³-hybridized carbons (Fsp3) is 0.500.